The van der Waals surface area contributed by atoms with Crippen molar-refractivity contribution in [3.8, 4) is 11.5 Å². The van der Waals surface area contributed by atoms with Gasteiger partial charge in [0.15, 0.2) is 5.78 Å². The van der Waals surface area contributed by atoms with Crippen LogP contribution >= 0.6 is 11.8 Å². The van der Waals surface area contributed by atoms with Crippen LogP contribution in [0.3, 0.4) is 0 Å². The molecule has 0 spiro atoms. The van der Waals surface area contributed by atoms with Gasteiger partial charge >= 0.3 is 0 Å². The molecule has 0 aliphatic rings. The van der Waals surface area contributed by atoms with Crippen molar-refractivity contribution < 1.29 is 14.3 Å². The van der Waals surface area contributed by atoms with E-state index in [-0.39, 0.29) is 12.3 Å². The SMILES string of the molecule is CNCC(=O)c1c(OC)cc(SC(C)C)cc1OC. The van der Waals surface area contributed by atoms with Crippen LogP contribution in [0.1, 0.15) is 24.2 Å². The van der Waals surface area contributed by atoms with Crippen LogP contribution in [0.15, 0.2) is 17.0 Å². The largest absolute Gasteiger partial charge is 0.496 e. The second kappa shape index (κ2) is 7.40. The number of rotatable bonds is 7. The minimum Gasteiger partial charge on any atom is -0.496 e. The van der Waals surface area contributed by atoms with E-state index in [0.29, 0.717) is 22.3 Å². The van der Waals surface area contributed by atoms with Gasteiger partial charge < -0.3 is 14.8 Å². The number of carbonyl (C=O) groups excluding carboxylic acids is 1. The predicted octanol–water partition coefficient (Wildman–Crippen LogP) is 2.61. The monoisotopic (exact) mass is 283 g/mol. The number of likely N-dealkylation sites (N-methyl/N-ethyl adjacent to an activating group) is 1. The molecule has 4 nitrogen and oxygen atoms in total. The number of carbonyl (C=O) groups is 1. The van der Waals surface area contributed by atoms with Gasteiger partial charge in [-0.2, -0.15) is 0 Å². The second-order valence-corrected chi connectivity index (χ2v) is 5.97. The molecule has 19 heavy (non-hydrogen) atoms. The lowest BCUT2D eigenvalue weighted by Gasteiger charge is -2.15. The third-order valence-corrected chi connectivity index (χ3v) is 3.45. The first-order valence-electron chi connectivity index (χ1n) is 6.14. The average Bonchev–Trinajstić information content (AvgIpc) is 2.36. The van der Waals surface area contributed by atoms with Crippen molar-refractivity contribution in [2.75, 3.05) is 27.8 Å². The molecule has 0 bridgehead atoms. The molecule has 0 unspecified atom stereocenters. The molecule has 106 valence electrons. The fourth-order valence-corrected chi connectivity index (χ4v) is 2.65. The molecule has 0 heterocycles. The third-order valence-electron chi connectivity index (χ3n) is 2.47. The molecular weight excluding hydrogens is 262 g/mol. The average molecular weight is 283 g/mol. The highest BCUT2D eigenvalue weighted by atomic mass is 32.2. The molecule has 0 amide bonds. The van der Waals surface area contributed by atoms with Crippen LogP contribution < -0.4 is 14.8 Å². The molecule has 1 N–H and O–H groups in total. The molecule has 0 saturated heterocycles. The number of Topliss-reactive ketones (excluding diaryl/α,β-unsaturated/α-hetero) is 1. The molecule has 0 aliphatic heterocycles. The van der Waals surface area contributed by atoms with Gasteiger partial charge in [-0.15, -0.1) is 11.8 Å². The van der Waals surface area contributed by atoms with Gasteiger partial charge in [-0.1, -0.05) is 13.8 Å². The van der Waals surface area contributed by atoms with Crippen molar-refractivity contribution in [3.63, 3.8) is 0 Å². The molecule has 5 heteroatoms. The van der Waals surface area contributed by atoms with Crippen LogP contribution in [-0.4, -0.2) is 38.8 Å². The molecule has 1 rings (SSSR count). The maximum absolute atomic E-state index is 12.1. The normalized spacial score (nSPS) is 10.6. The lowest BCUT2D eigenvalue weighted by atomic mass is 10.1. The van der Waals surface area contributed by atoms with E-state index in [0.717, 1.165) is 4.90 Å². The first-order chi connectivity index (χ1) is 9.03. The molecule has 1 aromatic rings. The van der Waals surface area contributed by atoms with Crippen LogP contribution in [0.5, 0.6) is 11.5 Å². The van der Waals surface area contributed by atoms with E-state index in [1.54, 1.807) is 33.0 Å². The van der Waals surface area contributed by atoms with Crippen LogP contribution in [-0.2, 0) is 0 Å². The van der Waals surface area contributed by atoms with Crippen LogP contribution in [0.4, 0.5) is 0 Å². The van der Waals surface area contributed by atoms with Gasteiger partial charge in [-0.05, 0) is 19.2 Å². The fraction of sp³-hybridized carbons (Fsp3) is 0.500. The zero-order valence-corrected chi connectivity index (χ0v) is 12.9. The molecular formula is C14H21NO3S. The Labute approximate surface area is 118 Å². The van der Waals surface area contributed by atoms with Gasteiger partial charge in [-0.3, -0.25) is 4.79 Å². The summed E-state index contributed by atoms with van der Waals surface area (Å²) in [7, 11) is 4.86. The van der Waals surface area contributed by atoms with Crippen molar-refractivity contribution in [1.82, 2.24) is 5.32 Å². The van der Waals surface area contributed by atoms with Crippen molar-refractivity contribution in [2.24, 2.45) is 0 Å². The molecule has 1 aromatic carbocycles. The quantitative estimate of drug-likeness (QED) is 0.615. The number of ether oxygens (including phenoxy) is 2. The van der Waals surface area contributed by atoms with Crippen LogP contribution in [0.2, 0.25) is 0 Å². The van der Waals surface area contributed by atoms with Crippen molar-refractivity contribution >= 4 is 17.5 Å². The highest BCUT2D eigenvalue weighted by Gasteiger charge is 2.19. The highest BCUT2D eigenvalue weighted by molar-refractivity contribution is 7.99. The first-order valence-corrected chi connectivity index (χ1v) is 7.01. The summed E-state index contributed by atoms with van der Waals surface area (Å²) >= 11 is 1.70. The smallest absolute Gasteiger partial charge is 0.184 e. The summed E-state index contributed by atoms with van der Waals surface area (Å²) in [4.78, 5) is 13.1. The predicted molar refractivity (Wildman–Crippen MR) is 78.8 cm³/mol. The number of thioether (sulfide) groups is 1. The first kappa shape index (κ1) is 15.9. The minimum atomic E-state index is -0.0442. The number of hydrogen-bond donors (Lipinski definition) is 1. The molecule has 0 radical (unpaired) electrons. The van der Waals surface area contributed by atoms with Gasteiger partial charge in [0.1, 0.15) is 17.1 Å². The van der Waals surface area contributed by atoms with E-state index in [9.17, 15) is 4.79 Å². The molecule has 0 fully saturated rings. The standard InChI is InChI=1S/C14H21NO3S/c1-9(2)19-10-6-12(17-4)14(11(16)8-15-3)13(7-10)18-5/h6-7,9,15H,8H2,1-5H3. The van der Waals surface area contributed by atoms with Crippen molar-refractivity contribution in [2.45, 2.75) is 24.0 Å². The molecule has 0 atom stereocenters. The van der Waals surface area contributed by atoms with Gasteiger partial charge in [0.05, 0.1) is 20.8 Å². The van der Waals surface area contributed by atoms with Gasteiger partial charge in [0.25, 0.3) is 0 Å². The molecule has 0 aliphatic carbocycles. The van der Waals surface area contributed by atoms with E-state index in [1.807, 2.05) is 12.1 Å². The Morgan fingerprint density at radius 1 is 1.26 bits per heavy atom. The van der Waals surface area contributed by atoms with Crippen LogP contribution in [0.25, 0.3) is 0 Å². The minimum absolute atomic E-state index is 0.0442. The summed E-state index contributed by atoms with van der Waals surface area (Å²) in [5, 5.41) is 3.30. The zero-order chi connectivity index (χ0) is 14.4. The summed E-state index contributed by atoms with van der Waals surface area (Å²) < 4.78 is 10.7. The number of methoxy groups -OCH3 is 2. The Morgan fingerprint density at radius 2 is 1.79 bits per heavy atom. The Bertz CT molecular complexity index is 421. The Kier molecular flexibility index (Phi) is 6.18. The summed E-state index contributed by atoms with van der Waals surface area (Å²) in [6.07, 6.45) is 0. The van der Waals surface area contributed by atoms with E-state index in [2.05, 4.69) is 19.2 Å². The third kappa shape index (κ3) is 4.14. The number of nitrogens with one attached hydrogen (secondary N) is 1. The van der Waals surface area contributed by atoms with E-state index in [1.165, 1.54) is 0 Å². The van der Waals surface area contributed by atoms with E-state index >= 15 is 0 Å². The van der Waals surface area contributed by atoms with Crippen molar-refractivity contribution in [1.29, 1.82) is 0 Å². The maximum atomic E-state index is 12.1. The van der Waals surface area contributed by atoms with E-state index in [4.69, 9.17) is 9.47 Å². The Morgan fingerprint density at radius 3 is 2.16 bits per heavy atom. The Balaban J connectivity index is 3.25. The summed E-state index contributed by atoms with van der Waals surface area (Å²) in [5.74, 6) is 1.07. The van der Waals surface area contributed by atoms with E-state index < -0.39 is 0 Å². The highest BCUT2D eigenvalue weighted by Crippen LogP contribution is 2.36. The lowest BCUT2D eigenvalue weighted by molar-refractivity contribution is 0.0987. The summed E-state index contributed by atoms with van der Waals surface area (Å²) in [6.45, 7) is 4.48. The topological polar surface area (TPSA) is 47.6 Å². The van der Waals surface area contributed by atoms with Gasteiger partial charge in [0, 0.05) is 10.1 Å². The van der Waals surface area contributed by atoms with Crippen molar-refractivity contribution in [3.05, 3.63) is 17.7 Å². The second-order valence-electron chi connectivity index (χ2n) is 4.32. The number of hydrogen-bond acceptors (Lipinski definition) is 5. The lowest BCUT2D eigenvalue weighted by Crippen LogP contribution is -2.20. The Hall–Kier alpha value is -1.20. The van der Waals surface area contributed by atoms with Gasteiger partial charge in [0.2, 0.25) is 0 Å². The fourth-order valence-electron chi connectivity index (χ4n) is 1.75. The van der Waals surface area contributed by atoms with Gasteiger partial charge in [-0.25, -0.2) is 0 Å². The summed E-state index contributed by atoms with van der Waals surface area (Å²) in [5.41, 5.74) is 0.493. The summed E-state index contributed by atoms with van der Waals surface area (Å²) in [6, 6.07) is 3.77. The molecule has 0 saturated carbocycles. The number of benzene rings is 1. The zero-order valence-electron chi connectivity index (χ0n) is 12.1. The maximum Gasteiger partial charge on any atom is 0.184 e. The molecule has 0 aromatic heterocycles. The van der Waals surface area contributed by atoms with Crippen LogP contribution in [0, 0.1) is 0 Å². The number of ketones is 1.